The lowest BCUT2D eigenvalue weighted by Crippen LogP contribution is -2.47. The van der Waals surface area contributed by atoms with E-state index in [2.05, 4.69) is 15.6 Å². The molecule has 5 rings (SSSR count). The third kappa shape index (κ3) is 4.52. The molecular weight excluding hydrogens is 468 g/mol. The zero-order valence-corrected chi connectivity index (χ0v) is 20.9. The first-order valence-electron chi connectivity index (χ1n) is 11.2. The van der Waals surface area contributed by atoms with E-state index >= 15 is 0 Å². The zero-order valence-electron chi connectivity index (χ0n) is 19.3. The van der Waals surface area contributed by atoms with Crippen LogP contribution in [0.5, 0.6) is 0 Å². The average molecular weight is 495 g/mol. The second kappa shape index (κ2) is 8.99. The number of carbonyl (C=O) groups is 2. The molecule has 0 saturated carbocycles. The summed E-state index contributed by atoms with van der Waals surface area (Å²) in [5.41, 5.74) is 2.97. The molecular formula is C24H26N6O2S2. The number of benzene rings is 2. The van der Waals surface area contributed by atoms with Crippen LogP contribution >= 0.6 is 23.1 Å². The Morgan fingerprint density at radius 2 is 2.00 bits per heavy atom. The molecule has 176 valence electrons. The number of likely N-dealkylation sites (tertiary alicyclic amines) is 1. The molecule has 3 heterocycles. The van der Waals surface area contributed by atoms with Gasteiger partial charge in [0.2, 0.25) is 11.8 Å². The molecule has 8 nitrogen and oxygen atoms in total. The Morgan fingerprint density at radius 1 is 1.18 bits per heavy atom. The third-order valence-corrected chi connectivity index (χ3v) is 7.95. The first kappa shape index (κ1) is 22.8. The standard InChI is InChI=1S/C24H26N6O2S2/c1-24(2,3)22(32)29-12-6-9-19(29)21(31)25-15-10-11-17-20(13-15)34-23(26-17)33-14-30-18-8-5-4-7-16(18)27-28-30/h4-5,7-8,10-11,13,19H,6,9,12,14H2,1-3H3,(H,25,31). The minimum Gasteiger partial charge on any atom is -0.330 e. The van der Waals surface area contributed by atoms with Gasteiger partial charge >= 0.3 is 0 Å². The van der Waals surface area contributed by atoms with Crippen LogP contribution < -0.4 is 5.32 Å². The summed E-state index contributed by atoms with van der Waals surface area (Å²) in [6, 6.07) is 13.2. The number of aromatic nitrogens is 4. The van der Waals surface area contributed by atoms with Crippen molar-refractivity contribution in [3.63, 3.8) is 0 Å². The lowest BCUT2D eigenvalue weighted by atomic mass is 9.94. The topological polar surface area (TPSA) is 93.0 Å². The van der Waals surface area contributed by atoms with Crippen molar-refractivity contribution in [3.05, 3.63) is 42.5 Å². The Labute approximate surface area is 205 Å². The van der Waals surface area contributed by atoms with Crippen molar-refractivity contribution in [2.75, 3.05) is 11.9 Å². The molecule has 2 aromatic carbocycles. The van der Waals surface area contributed by atoms with Gasteiger partial charge in [-0.15, -0.1) is 16.4 Å². The molecule has 4 aromatic rings. The van der Waals surface area contributed by atoms with E-state index in [0.717, 1.165) is 37.7 Å². The molecule has 1 unspecified atom stereocenters. The van der Waals surface area contributed by atoms with Gasteiger partial charge in [0.05, 0.1) is 21.6 Å². The highest BCUT2D eigenvalue weighted by molar-refractivity contribution is 8.00. The number of rotatable bonds is 5. The highest BCUT2D eigenvalue weighted by atomic mass is 32.2. The fraction of sp³-hybridized carbons (Fsp3) is 0.375. The molecule has 1 atom stereocenters. The number of thiazole rings is 1. The summed E-state index contributed by atoms with van der Waals surface area (Å²) in [6.07, 6.45) is 1.53. The van der Waals surface area contributed by atoms with Crippen molar-refractivity contribution in [1.82, 2.24) is 24.9 Å². The van der Waals surface area contributed by atoms with Crippen molar-refractivity contribution in [1.29, 1.82) is 0 Å². The lowest BCUT2D eigenvalue weighted by Gasteiger charge is -2.30. The van der Waals surface area contributed by atoms with Gasteiger partial charge in [0.1, 0.15) is 11.6 Å². The van der Waals surface area contributed by atoms with Gasteiger partial charge in [-0.25, -0.2) is 9.67 Å². The van der Waals surface area contributed by atoms with E-state index in [1.165, 1.54) is 0 Å². The highest BCUT2D eigenvalue weighted by Gasteiger charge is 2.38. The van der Waals surface area contributed by atoms with Crippen LogP contribution in [0, 0.1) is 5.41 Å². The smallest absolute Gasteiger partial charge is 0.247 e. The zero-order chi connectivity index (χ0) is 23.9. The van der Waals surface area contributed by atoms with E-state index in [4.69, 9.17) is 4.98 Å². The summed E-state index contributed by atoms with van der Waals surface area (Å²) >= 11 is 3.18. The number of nitrogens with one attached hydrogen (secondary N) is 1. The van der Waals surface area contributed by atoms with Gasteiger partial charge in [0.25, 0.3) is 0 Å². The van der Waals surface area contributed by atoms with Crippen molar-refractivity contribution in [2.45, 2.75) is 49.9 Å². The molecule has 0 radical (unpaired) electrons. The summed E-state index contributed by atoms with van der Waals surface area (Å²) in [5.74, 6) is 0.500. The Hall–Kier alpha value is -2.98. The predicted octanol–water partition coefficient (Wildman–Crippen LogP) is 4.77. The summed E-state index contributed by atoms with van der Waals surface area (Å²) in [4.78, 5) is 32.2. The van der Waals surface area contributed by atoms with Gasteiger partial charge in [0.15, 0.2) is 4.34 Å². The molecule has 1 aliphatic heterocycles. The van der Waals surface area contributed by atoms with Crippen molar-refractivity contribution in [2.24, 2.45) is 5.41 Å². The van der Waals surface area contributed by atoms with Gasteiger partial charge < -0.3 is 10.2 Å². The largest absolute Gasteiger partial charge is 0.330 e. The summed E-state index contributed by atoms with van der Waals surface area (Å²) < 4.78 is 3.79. The van der Waals surface area contributed by atoms with Crippen LogP contribution in [0.4, 0.5) is 5.69 Å². The molecule has 2 aromatic heterocycles. The number of carbonyl (C=O) groups excluding carboxylic acids is 2. The van der Waals surface area contributed by atoms with Crippen LogP contribution in [0.25, 0.3) is 21.3 Å². The normalized spacial score (nSPS) is 16.4. The van der Waals surface area contributed by atoms with E-state index in [1.54, 1.807) is 28.0 Å². The molecule has 1 aliphatic rings. The number of hydrogen-bond acceptors (Lipinski definition) is 7. The van der Waals surface area contributed by atoms with Gasteiger partial charge in [-0.3, -0.25) is 9.59 Å². The van der Waals surface area contributed by atoms with Gasteiger partial charge in [0, 0.05) is 17.6 Å². The third-order valence-electron chi connectivity index (χ3n) is 5.82. The molecule has 1 saturated heterocycles. The van der Waals surface area contributed by atoms with E-state index in [9.17, 15) is 9.59 Å². The van der Waals surface area contributed by atoms with Crippen LogP contribution in [0.15, 0.2) is 46.8 Å². The molecule has 1 fully saturated rings. The molecule has 10 heteroatoms. The Balaban J connectivity index is 1.27. The number of para-hydroxylation sites is 1. The fourth-order valence-corrected chi connectivity index (χ4v) is 6.10. The number of hydrogen-bond donors (Lipinski definition) is 1. The van der Waals surface area contributed by atoms with Crippen LogP contribution in [0.1, 0.15) is 33.6 Å². The molecule has 1 N–H and O–H groups in total. The quantitative estimate of drug-likeness (QED) is 0.402. The molecule has 34 heavy (non-hydrogen) atoms. The van der Waals surface area contributed by atoms with Crippen molar-refractivity contribution in [3.8, 4) is 0 Å². The van der Waals surface area contributed by atoms with Crippen molar-refractivity contribution >= 4 is 61.9 Å². The van der Waals surface area contributed by atoms with Gasteiger partial charge in [-0.1, -0.05) is 49.9 Å². The number of anilines is 1. The summed E-state index contributed by atoms with van der Waals surface area (Å²) in [7, 11) is 0. The number of thioether (sulfide) groups is 1. The van der Waals surface area contributed by atoms with Crippen LogP contribution in [-0.4, -0.2) is 49.3 Å². The monoisotopic (exact) mass is 494 g/mol. The van der Waals surface area contributed by atoms with E-state index < -0.39 is 11.5 Å². The second-order valence-corrected chi connectivity index (χ2v) is 11.6. The van der Waals surface area contributed by atoms with Crippen molar-refractivity contribution < 1.29 is 9.59 Å². The number of nitrogens with zero attached hydrogens (tertiary/aromatic N) is 5. The molecule has 0 bridgehead atoms. The van der Waals surface area contributed by atoms with Gasteiger partial charge in [-0.2, -0.15) is 0 Å². The second-order valence-electron chi connectivity index (χ2n) is 9.41. The van der Waals surface area contributed by atoms with E-state index in [0.29, 0.717) is 18.8 Å². The van der Waals surface area contributed by atoms with Crippen LogP contribution in [0.2, 0.25) is 0 Å². The maximum atomic E-state index is 13.0. The molecule has 0 aliphatic carbocycles. The lowest BCUT2D eigenvalue weighted by molar-refractivity contribution is -0.143. The Kier molecular flexibility index (Phi) is 6.03. The number of amides is 2. The minimum absolute atomic E-state index is 0.0184. The van der Waals surface area contributed by atoms with E-state index in [1.807, 2.05) is 67.9 Å². The highest BCUT2D eigenvalue weighted by Crippen LogP contribution is 2.33. The van der Waals surface area contributed by atoms with Crippen LogP contribution in [0.3, 0.4) is 0 Å². The number of fused-ring (bicyclic) bond motifs is 2. The summed E-state index contributed by atoms with van der Waals surface area (Å²) in [5, 5.41) is 11.4. The maximum Gasteiger partial charge on any atom is 0.247 e. The molecule has 0 spiro atoms. The Bertz CT molecular complexity index is 1370. The fourth-order valence-electron chi connectivity index (χ4n) is 4.11. The van der Waals surface area contributed by atoms with Gasteiger partial charge in [-0.05, 0) is 43.2 Å². The van der Waals surface area contributed by atoms with Crippen LogP contribution in [-0.2, 0) is 15.5 Å². The average Bonchev–Trinajstić information content (AvgIpc) is 3.54. The summed E-state index contributed by atoms with van der Waals surface area (Å²) in [6.45, 7) is 6.30. The minimum atomic E-state index is -0.503. The SMILES string of the molecule is CC(C)(C)C(=O)N1CCCC1C(=O)Nc1ccc2nc(SCn3nnc4ccccc43)sc2c1. The predicted molar refractivity (Wildman–Crippen MR) is 136 cm³/mol. The first-order chi connectivity index (χ1) is 16.3. The van der Waals surface area contributed by atoms with E-state index in [-0.39, 0.29) is 11.8 Å². The molecule has 2 amide bonds. The Morgan fingerprint density at radius 3 is 2.82 bits per heavy atom. The maximum absolute atomic E-state index is 13.0. The first-order valence-corrected chi connectivity index (χ1v) is 13.0.